The molecule has 0 spiro atoms. The van der Waals surface area contributed by atoms with E-state index in [2.05, 4.69) is 29.7 Å². The second kappa shape index (κ2) is 6.92. The Labute approximate surface area is 136 Å². The number of benzene rings is 1. The number of nitrogens with two attached hydrogens (primary N) is 1. The number of ether oxygens (including phenoxy) is 1. The number of nitrogens with zero attached hydrogens (tertiary/aromatic N) is 3. The molecule has 0 radical (unpaired) electrons. The molecule has 0 unspecified atom stereocenters. The summed E-state index contributed by atoms with van der Waals surface area (Å²) in [6, 6.07) is 7.53. The Kier molecular flexibility index (Phi) is 5.17. The van der Waals surface area contributed by atoms with Crippen LogP contribution < -0.4 is 5.73 Å². The zero-order valence-corrected chi connectivity index (χ0v) is 14.6. The monoisotopic (exact) mass is 334 g/mol. The van der Waals surface area contributed by atoms with Crippen LogP contribution in [0.1, 0.15) is 10.6 Å². The van der Waals surface area contributed by atoms with Crippen molar-refractivity contribution in [1.82, 2.24) is 14.8 Å². The Balaban J connectivity index is 2.17. The quantitative estimate of drug-likeness (QED) is 0.596. The molecule has 0 saturated carbocycles. The molecule has 0 aliphatic heterocycles. The average molecular weight is 334 g/mol. The first-order valence-electron chi connectivity index (χ1n) is 7.38. The summed E-state index contributed by atoms with van der Waals surface area (Å²) in [6.45, 7) is 7.66. The van der Waals surface area contributed by atoms with Crippen molar-refractivity contribution in [2.75, 3.05) is 6.61 Å². The van der Waals surface area contributed by atoms with Crippen molar-refractivity contribution in [3.05, 3.63) is 30.1 Å². The highest BCUT2D eigenvalue weighted by Crippen LogP contribution is 2.20. The highest BCUT2D eigenvalue weighted by Gasteiger charge is 2.16. The van der Waals surface area contributed by atoms with Crippen LogP contribution in [0.25, 0.3) is 11.4 Å². The molecule has 1 heterocycles. The van der Waals surface area contributed by atoms with Crippen molar-refractivity contribution < 1.29 is 14.6 Å². The molecule has 0 fully saturated rings. The van der Waals surface area contributed by atoms with Gasteiger partial charge in [-0.05, 0) is 30.3 Å². The lowest BCUT2D eigenvalue weighted by atomic mass is 10.2. The summed E-state index contributed by atoms with van der Waals surface area (Å²) in [5, 5.41) is 13.5. The molecule has 8 heteroatoms. The first-order valence-corrected chi connectivity index (χ1v) is 11.1. The van der Waals surface area contributed by atoms with E-state index >= 15 is 0 Å². The van der Waals surface area contributed by atoms with Gasteiger partial charge in [0.2, 0.25) is 5.82 Å². The minimum Gasteiger partial charge on any atom is -0.508 e. The van der Waals surface area contributed by atoms with E-state index in [-0.39, 0.29) is 18.3 Å². The molecule has 1 aromatic heterocycles. The van der Waals surface area contributed by atoms with Crippen LogP contribution in [-0.2, 0) is 11.5 Å². The molecule has 0 aliphatic rings. The predicted molar refractivity (Wildman–Crippen MR) is 89.7 cm³/mol. The third-order valence-electron chi connectivity index (χ3n) is 3.23. The highest BCUT2D eigenvalue weighted by atomic mass is 28.3. The molecule has 0 atom stereocenters. The van der Waals surface area contributed by atoms with Crippen LogP contribution in [0.5, 0.6) is 5.75 Å². The number of carbonyl (C=O) groups is 1. The molecule has 0 aliphatic carbocycles. The molecule has 1 amide bonds. The molecule has 23 heavy (non-hydrogen) atoms. The van der Waals surface area contributed by atoms with E-state index < -0.39 is 14.0 Å². The number of hydrogen-bond acceptors (Lipinski definition) is 5. The number of aromatic hydroxyl groups is 1. The van der Waals surface area contributed by atoms with Crippen LogP contribution in [0.15, 0.2) is 24.3 Å². The minimum atomic E-state index is -1.16. The maximum absolute atomic E-state index is 11.3. The summed E-state index contributed by atoms with van der Waals surface area (Å²) < 4.78 is 7.18. The van der Waals surface area contributed by atoms with Crippen molar-refractivity contribution in [3.63, 3.8) is 0 Å². The molecule has 0 saturated heterocycles. The fourth-order valence-corrected chi connectivity index (χ4v) is 2.65. The summed E-state index contributed by atoms with van der Waals surface area (Å²) in [7, 11) is -1.16. The Morgan fingerprint density at radius 3 is 2.52 bits per heavy atom. The van der Waals surface area contributed by atoms with Gasteiger partial charge in [0, 0.05) is 20.2 Å². The Hall–Kier alpha value is -2.19. The van der Waals surface area contributed by atoms with Gasteiger partial charge in [0.05, 0.1) is 0 Å². The van der Waals surface area contributed by atoms with E-state index in [4.69, 9.17) is 10.5 Å². The Bertz CT molecular complexity index is 677. The molecule has 124 valence electrons. The number of phenols is 1. The Morgan fingerprint density at radius 2 is 1.96 bits per heavy atom. The van der Waals surface area contributed by atoms with Gasteiger partial charge in [0.25, 0.3) is 5.91 Å². The van der Waals surface area contributed by atoms with Crippen molar-refractivity contribution in [3.8, 4) is 17.1 Å². The van der Waals surface area contributed by atoms with Gasteiger partial charge >= 0.3 is 0 Å². The van der Waals surface area contributed by atoms with Crippen LogP contribution in [-0.4, -0.2) is 40.5 Å². The first kappa shape index (κ1) is 17.2. The number of carbonyl (C=O) groups excluding carboxylic acids is 1. The molecular formula is C15H22N4O3Si. The SMILES string of the molecule is C[Si](C)(C)CCOCn1nc(C(N)=O)nc1-c1ccc(O)cc1. The second-order valence-electron chi connectivity index (χ2n) is 6.52. The summed E-state index contributed by atoms with van der Waals surface area (Å²) in [4.78, 5) is 15.5. The molecular weight excluding hydrogens is 312 g/mol. The van der Waals surface area contributed by atoms with Crippen LogP contribution >= 0.6 is 0 Å². The van der Waals surface area contributed by atoms with Crippen molar-refractivity contribution in [1.29, 1.82) is 0 Å². The number of primary amides is 1. The Morgan fingerprint density at radius 1 is 1.30 bits per heavy atom. The molecule has 1 aromatic carbocycles. The topological polar surface area (TPSA) is 103 Å². The molecule has 2 aromatic rings. The standard InChI is InChI=1S/C15H22N4O3Si/c1-23(2,3)9-8-22-10-19-15(17-14(18-19)13(16)21)11-4-6-12(20)7-5-11/h4-7,20H,8-10H2,1-3H3,(H2,16,21). The summed E-state index contributed by atoms with van der Waals surface area (Å²) in [5.74, 6) is -0.110. The van der Waals surface area contributed by atoms with Crippen LogP contribution in [0.2, 0.25) is 25.7 Å². The lowest BCUT2D eigenvalue weighted by Crippen LogP contribution is -2.22. The van der Waals surface area contributed by atoms with E-state index in [0.29, 0.717) is 12.4 Å². The van der Waals surface area contributed by atoms with Gasteiger partial charge in [-0.25, -0.2) is 9.67 Å². The van der Waals surface area contributed by atoms with Crippen LogP contribution in [0.3, 0.4) is 0 Å². The summed E-state index contributed by atoms with van der Waals surface area (Å²) in [6.07, 6.45) is 0. The minimum absolute atomic E-state index is 0.0538. The van der Waals surface area contributed by atoms with E-state index in [0.717, 1.165) is 11.6 Å². The summed E-state index contributed by atoms with van der Waals surface area (Å²) >= 11 is 0. The summed E-state index contributed by atoms with van der Waals surface area (Å²) in [5.41, 5.74) is 5.98. The van der Waals surface area contributed by atoms with Crippen LogP contribution in [0, 0.1) is 0 Å². The number of amides is 1. The fraction of sp³-hybridized carbons (Fsp3) is 0.400. The lowest BCUT2D eigenvalue weighted by Gasteiger charge is -2.15. The third-order valence-corrected chi connectivity index (χ3v) is 4.93. The van der Waals surface area contributed by atoms with Gasteiger partial charge in [-0.1, -0.05) is 19.6 Å². The smallest absolute Gasteiger partial charge is 0.288 e. The number of aromatic nitrogens is 3. The van der Waals surface area contributed by atoms with Gasteiger partial charge in [0.15, 0.2) is 5.82 Å². The normalized spacial score (nSPS) is 11.6. The van der Waals surface area contributed by atoms with Gasteiger partial charge < -0.3 is 15.6 Å². The zero-order chi connectivity index (χ0) is 17.0. The van der Waals surface area contributed by atoms with Gasteiger partial charge in [-0.15, -0.1) is 5.10 Å². The number of hydrogen-bond donors (Lipinski definition) is 2. The van der Waals surface area contributed by atoms with E-state index in [1.165, 1.54) is 4.68 Å². The molecule has 0 bridgehead atoms. The third kappa shape index (κ3) is 4.90. The molecule has 2 rings (SSSR count). The largest absolute Gasteiger partial charge is 0.508 e. The van der Waals surface area contributed by atoms with E-state index in [1.807, 2.05) is 0 Å². The number of rotatable bonds is 7. The molecule has 3 N–H and O–H groups in total. The van der Waals surface area contributed by atoms with Gasteiger partial charge in [0.1, 0.15) is 12.5 Å². The van der Waals surface area contributed by atoms with Crippen LogP contribution in [0.4, 0.5) is 0 Å². The maximum Gasteiger partial charge on any atom is 0.288 e. The van der Waals surface area contributed by atoms with Gasteiger partial charge in [-0.3, -0.25) is 4.79 Å². The van der Waals surface area contributed by atoms with E-state index in [9.17, 15) is 9.90 Å². The fourth-order valence-electron chi connectivity index (χ4n) is 1.89. The first-order chi connectivity index (χ1) is 10.8. The van der Waals surface area contributed by atoms with Crippen molar-refractivity contribution in [2.24, 2.45) is 5.73 Å². The van der Waals surface area contributed by atoms with Crippen molar-refractivity contribution in [2.45, 2.75) is 32.4 Å². The zero-order valence-electron chi connectivity index (χ0n) is 13.6. The predicted octanol–water partition coefficient (Wildman–Crippen LogP) is 2.06. The number of phenolic OH excluding ortho intramolecular Hbond substituents is 1. The molecule has 7 nitrogen and oxygen atoms in total. The van der Waals surface area contributed by atoms with Crippen molar-refractivity contribution >= 4 is 14.0 Å². The second-order valence-corrected chi connectivity index (χ2v) is 12.1. The van der Waals surface area contributed by atoms with Gasteiger partial charge in [-0.2, -0.15) is 0 Å². The maximum atomic E-state index is 11.3. The highest BCUT2D eigenvalue weighted by molar-refractivity contribution is 6.76. The van der Waals surface area contributed by atoms with E-state index in [1.54, 1.807) is 24.3 Å². The average Bonchev–Trinajstić information content (AvgIpc) is 2.88. The lowest BCUT2D eigenvalue weighted by molar-refractivity contribution is 0.0789.